The van der Waals surface area contributed by atoms with Crippen molar-refractivity contribution in [2.24, 2.45) is 0 Å². The molecule has 14 heavy (non-hydrogen) atoms. The van der Waals surface area contributed by atoms with Crippen LogP contribution in [0.15, 0.2) is 42.6 Å². The molecule has 0 unspecified atom stereocenters. The fourth-order valence-corrected chi connectivity index (χ4v) is 1.02. The number of aromatic nitrogens is 1. The van der Waals surface area contributed by atoms with E-state index >= 15 is 0 Å². The Labute approximate surface area is 100 Å². The summed E-state index contributed by atoms with van der Waals surface area (Å²) in [7, 11) is 14.8. The van der Waals surface area contributed by atoms with Gasteiger partial charge < -0.3 is 0 Å². The SMILES string of the molecule is [Cl][Ru]([Cl])[Cl].c1ccc2ncccc2c1. The average molecular weight is 337 g/mol. The molecular weight excluding hydrogens is 330 g/mol. The molecule has 1 aromatic carbocycles. The number of fused-ring (bicyclic) bond motifs is 1. The van der Waals surface area contributed by atoms with Crippen molar-refractivity contribution in [1.82, 2.24) is 4.98 Å². The molecule has 0 aliphatic rings. The minimum Gasteiger partial charge on any atom is -0.256 e. The van der Waals surface area contributed by atoms with Gasteiger partial charge in [0.05, 0.1) is 5.52 Å². The van der Waals surface area contributed by atoms with Crippen LogP contribution in [0.2, 0.25) is 0 Å². The van der Waals surface area contributed by atoms with Gasteiger partial charge in [0.2, 0.25) is 0 Å². The largest absolute Gasteiger partial charge is 0.256 e. The Kier molecular flexibility index (Phi) is 5.73. The maximum atomic E-state index is 4.95. The number of benzene rings is 1. The van der Waals surface area contributed by atoms with E-state index in [1.54, 1.807) is 0 Å². The topological polar surface area (TPSA) is 12.9 Å². The first-order valence-electron chi connectivity index (χ1n) is 3.67. The van der Waals surface area contributed by atoms with Crippen LogP contribution in [0.4, 0.5) is 0 Å². The molecule has 0 spiro atoms. The first kappa shape index (κ1) is 12.2. The zero-order chi connectivity index (χ0) is 10.4. The van der Waals surface area contributed by atoms with Crippen molar-refractivity contribution < 1.29 is 13.0 Å². The molecule has 0 radical (unpaired) electrons. The summed E-state index contributed by atoms with van der Waals surface area (Å²) in [6.45, 7) is 0. The van der Waals surface area contributed by atoms with Gasteiger partial charge >= 0.3 is 42.1 Å². The minimum atomic E-state index is -1.75. The Bertz CT molecular complexity index is 326. The van der Waals surface area contributed by atoms with Crippen molar-refractivity contribution >= 4 is 40.0 Å². The molecule has 1 aromatic heterocycles. The summed E-state index contributed by atoms with van der Waals surface area (Å²) in [6, 6.07) is 12.1. The van der Waals surface area contributed by atoms with Crippen LogP contribution in [0.1, 0.15) is 0 Å². The zero-order valence-corrected chi connectivity index (χ0v) is 11.0. The molecule has 5 heteroatoms. The molecular formula is C9H7Cl3NRu. The predicted octanol–water partition coefficient (Wildman–Crippen LogP) is 4.30. The van der Waals surface area contributed by atoms with E-state index in [9.17, 15) is 0 Å². The molecule has 0 saturated heterocycles. The van der Waals surface area contributed by atoms with Gasteiger partial charge in [-0.3, -0.25) is 4.98 Å². The molecule has 2 aromatic rings. The van der Waals surface area contributed by atoms with Crippen LogP contribution < -0.4 is 0 Å². The standard InChI is InChI=1S/C9H7N.3ClH.Ru/c1-2-6-9-8(4-1)5-3-7-10-9;;;;/h1-7H;3*1H;/q;;;;+3/p-3. The van der Waals surface area contributed by atoms with Crippen molar-refractivity contribution in [2.45, 2.75) is 0 Å². The average Bonchev–Trinajstić information content (AvgIpc) is 2.17. The first-order valence-corrected chi connectivity index (χ1v) is 10.4. The predicted molar refractivity (Wildman–Crippen MR) is 59.3 cm³/mol. The van der Waals surface area contributed by atoms with Gasteiger partial charge in [-0.15, -0.1) is 0 Å². The number of rotatable bonds is 0. The van der Waals surface area contributed by atoms with Gasteiger partial charge in [0.15, 0.2) is 0 Å². The van der Waals surface area contributed by atoms with Crippen molar-refractivity contribution in [3.05, 3.63) is 42.6 Å². The number of para-hydroxylation sites is 1. The molecule has 0 amide bonds. The van der Waals surface area contributed by atoms with E-state index in [-0.39, 0.29) is 0 Å². The minimum absolute atomic E-state index is 1.06. The molecule has 0 fully saturated rings. The van der Waals surface area contributed by atoms with Gasteiger partial charge in [-0.2, -0.15) is 0 Å². The molecule has 0 atom stereocenters. The summed E-state index contributed by atoms with van der Waals surface area (Å²) in [6.07, 6.45) is 1.81. The quantitative estimate of drug-likeness (QED) is 0.654. The van der Waals surface area contributed by atoms with E-state index in [2.05, 4.69) is 17.1 Å². The molecule has 1 nitrogen and oxygen atoms in total. The van der Waals surface area contributed by atoms with Crippen LogP contribution in [-0.4, -0.2) is 4.98 Å². The van der Waals surface area contributed by atoms with Crippen LogP contribution >= 0.6 is 29.1 Å². The second kappa shape index (κ2) is 6.58. The number of hydrogen-bond acceptors (Lipinski definition) is 1. The molecule has 0 bridgehead atoms. The normalized spacial score (nSPS) is 10.4. The van der Waals surface area contributed by atoms with Gasteiger partial charge in [-0.25, -0.2) is 0 Å². The zero-order valence-electron chi connectivity index (χ0n) is 6.98. The summed E-state index contributed by atoms with van der Waals surface area (Å²) < 4.78 is 0. The molecule has 1 heterocycles. The fraction of sp³-hybridized carbons (Fsp3) is 0. The van der Waals surface area contributed by atoms with Crippen LogP contribution in [0, 0.1) is 0 Å². The van der Waals surface area contributed by atoms with E-state index < -0.39 is 13.0 Å². The Morgan fingerprint density at radius 2 is 1.50 bits per heavy atom. The first-order chi connectivity index (χ1) is 6.70. The smallest absolute Gasteiger partial charge is 0.0701 e. The number of halogens is 3. The maximum Gasteiger partial charge on any atom is 0.0701 e. The van der Waals surface area contributed by atoms with Crippen molar-refractivity contribution in [2.75, 3.05) is 0 Å². The van der Waals surface area contributed by atoms with Gasteiger partial charge in [0.25, 0.3) is 0 Å². The molecule has 77 valence electrons. The van der Waals surface area contributed by atoms with E-state index in [4.69, 9.17) is 29.1 Å². The van der Waals surface area contributed by atoms with Gasteiger partial charge in [0.1, 0.15) is 0 Å². The summed E-state index contributed by atoms with van der Waals surface area (Å²) in [4.78, 5) is 4.18. The Morgan fingerprint density at radius 3 is 2.14 bits per heavy atom. The summed E-state index contributed by atoms with van der Waals surface area (Å²) in [5, 5.41) is 1.20. The Morgan fingerprint density at radius 1 is 0.929 bits per heavy atom. The summed E-state index contributed by atoms with van der Waals surface area (Å²) in [5.41, 5.74) is 1.06. The molecule has 0 aliphatic heterocycles. The van der Waals surface area contributed by atoms with E-state index in [0.717, 1.165) is 5.52 Å². The fourth-order valence-electron chi connectivity index (χ4n) is 1.02. The third-order valence-electron chi connectivity index (χ3n) is 1.51. The van der Waals surface area contributed by atoms with Crippen molar-refractivity contribution in [3.63, 3.8) is 0 Å². The third kappa shape index (κ3) is 4.57. The maximum absolute atomic E-state index is 4.95. The van der Waals surface area contributed by atoms with E-state index in [0.29, 0.717) is 0 Å². The molecule has 2 rings (SSSR count). The van der Waals surface area contributed by atoms with E-state index in [1.165, 1.54) is 5.39 Å². The van der Waals surface area contributed by atoms with Crippen LogP contribution in [-0.2, 0) is 13.0 Å². The Hall–Kier alpha value is 0.123. The molecule has 0 saturated carbocycles. The Balaban J connectivity index is 0.000000213. The number of pyridine rings is 1. The van der Waals surface area contributed by atoms with Crippen LogP contribution in [0.3, 0.4) is 0 Å². The van der Waals surface area contributed by atoms with Crippen molar-refractivity contribution in [3.8, 4) is 0 Å². The van der Waals surface area contributed by atoms with Crippen molar-refractivity contribution in [1.29, 1.82) is 0 Å². The van der Waals surface area contributed by atoms with Gasteiger partial charge in [-0.1, -0.05) is 24.3 Å². The van der Waals surface area contributed by atoms with Crippen LogP contribution in [0.25, 0.3) is 10.9 Å². The molecule has 0 aliphatic carbocycles. The summed E-state index contributed by atoms with van der Waals surface area (Å²) in [5.74, 6) is 0. The third-order valence-corrected chi connectivity index (χ3v) is 1.51. The second-order valence-electron chi connectivity index (χ2n) is 2.35. The summed E-state index contributed by atoms with van der Waals surface area (Å²) >= 11 is -1.75. The monoisotopic (exact) mass is 336 g/mol. The van der Waals surface area contributed by atoms with Gasteiger partial charge in [0, 0.05) is 11.6 Å². The number of hydrogen-bond donors (Lipinski definition) is 0. The molecule has 0 N–H and O–H groups in total. The van der Waals surface area contributed by atoms with Gasteiger partial charge in [-0.05, 0) is 12.1 Å². The van der Waals surface area contributed by atoms with E-state index in [1.807, 2.05) is 30.5 Å². The second-order valence-corrected chi connectivity index (χ2v) is 10.3. The number of nitrogens with zero attached hydrogens (tertiary/aromatic N) is 1. The van der Waals surface area contributed by atoms with Crippen LogP contribution in [0.5, 0.6) is 0 Å².